The van der Waals surface area contributed by atoms with E-state index in [2.05, 4.69) is 96.9 Å². The summed E-state index contributed by atoms with van der Waals surface area (Å²) in [5.41, 5.74) is 1.52. The quantitative estimate of drug-likeness (QED) is 0.442. The van der Waals surface area contributed by atoms with E-state index in [1.807, 2.05) is 0 Å². The van der Waals surface area contributed by atoms with Crippen LogP contribution >= 0.6 is 0 Å². The highest BCUT2D eigenvalue weighted by Gasteiger charge is 2.58. The highest BCUT2D eigenvalue weighted by atomic mass is 14.6. The lowest BCUT2D eigenvalue weighted by molar-refractivity contribution is -0.154. The van der Waals surface area contributed by atoms with Crippen molar-refractivity contribution in [2.45, 2.75) is 110 Å². The summed E-state index contributed by atoms with van der Waals surface area (Å²) in [5, 5.41) is 0. The lowest BCUT2D eigenvalue weighted by Gasteiger charge is -2.64. The minimum absolute atomic E-state index is 0.284. The predicted octanol–water partition coefficient (Wildman–Crippen LogP) is 8.21. The van der Waals surface area contributed by atoms with Gasteiger partial charge >= 0.3 is 0 Å². The maximum atomic E-state index is 2.58. The molecule has 0 saturated carbocycles. The van der Waals surface area contributed by atoms with Crippen LogP contribution < -0.4 is 0 Å². The highest BCUT2D eigenvalue weighted by molar-refractivity contribution is 5.07. The Morgan fingerprint density at radius 1 is 0.652 bits per heavy atom. The van der Waals surface area contributed by atoms with Crippen LogP contribution in [0.3, 0.4) is 0 Å². The van der Waals surface area contributed by atoms with Crippen molar-refractivity contribution in [3.8, 4) is 0 Å². The molecule has 0 heteroatoms. The average Bonchev–Trinajstić information content (AvgIpc) is 2.42. The topological polar surface area (TPSA) is 0 Å². The zero-order valence-electron chi connectivity index (χ0n) is 19.1. The van der Waals surface area contributed by atoms with E-state index in [1.165, 1.54) is 12.8 Å². The Morgan fingerprint density at radius 2 is 1.04 bits per heavy atom. The minimum atomic E-state index is 0.284. The van der Waals surface area contributed by atoms with Crippen molar-refractivity contribution in [1.82, 2.24) is 0 Å². The fraction of sp³-hybridized carbons (Fsp3) is 1.00. The Labute approximate surface area is 149 Å². The van der Waals surface area contributed by atoms with Crippen molar-refractivity contribution < 1.29 is 0 Å². The van der Waals surface area contributed by atoms with Gasteiger partial charge in [-0.3, -0.25) is 0 Å². The Hall–Kier alpha value is 0. The second-order valence-corrected chi connectivity index (χ2v) is 11.1. The maximum Gasteiger partial charge on any atom is -0.0198 e. The molecule has 0 heterocycles. The number of hydrogen-bond acceptors (Lipinski definition) is 0. The number of rotatable bonds is 7. The standard InChI is InChI=1S/C23H48/c1-15-20(9,10)21(11,12)18(5)22(13,16-2)23(14,17(3)4)19(6,7)8/h17-18H,15-16H2,1-14H3. The monoisotopic (exact) mass is 324 g/mol. The summed E-state index contributed by atoms with van der Waals surface area (Å²) < 4.78 is 0. The van der Waals surface area contributed by atoms with Gasteiger partial charge in [0.15, 0.2) is 0 Å². The van der Waals surface area contributed by atoms with Crippen molar-refractivity contribution in [3.05, 3.63) is 0 Å². The van der Waals surface area contributed by atoms with Gasteiger partial charge in [-0.25, -0.2) is 0 Å². The lowest BCUT2D eigenvalue weighted by Crippen LogP contribution is -2.57. The van der Waals surface area contributed by atoms with Gasteiger partial charge in [-0.15, -0.1) is 0 Å². The van der Waals surface area contributed by atoms with E-state index >= 15 is 0 Å². The molecule has 0 bridgehead atoms. The molecule has 0 aliphatic rings. The van der Waals surface area contributed by atoms with Gasteiger partial charge < -0.3 is 0 Å². The molecule has 0 radical (unpaired) electrons. The third-order valence-electron chi connectivity index (χ3n) is 9.30. The molecule has 0 rings (SSSR count). The largest absolute Gasteiger partial charge is 0.0649 e. The molecule has 140 valence electrons. The second-order valence-electron chi connectivity index (χ2n) is 11.1. The van der Waals surface area contributed by atoms with Gasteiger partial charge in [-0.2, -0.15) is 0 Å². The molecule has 0 aliphatic heterocycles. The predicted molar refractivity (Wildman–Crippen MR) is 108 cm³/mol. The first-order valence-electron chi connectivity index (χ1n) is 9.97. The van der Waals surface area contributed by atoms with Gasteiger partial charge in [0.2, 0.25) is 0 Å². The molecule has 0 saturated heterocycles. The highest BCUT2D eigenvalue weighted by Crippen LogP contribution is 2.65. The van der Waals surface area contributed by atoms with E-state index in [-0.39, 0.29) is 10.8 Å². The van der Waals surface area contributed by atoms with Gasteiger partial charge in [0, 0.05) is 0 Å². The van der Waals surface area contributed by atoms with Crippen molar-refractivity contribution in [3.63, 3.8) is 0 Å². The van der Waals surface area contributed by atoms with Crippen LogP contribution in [0.4, 0.5) is 0 Å². The van der Waals surface area contributed by atoms with E-state index in [9.17, 15) is 0 Å². The van der Waals surface area contributed by atoms with Gasteiger partial charge in [0.25, 0.3) is 0 Å². The van der Waals surface area contributed by atoms with E-state index in [0.717, 1.165) is 0 Å². The van der Waals surface area contributed by atoms with Crippen LogP contribution in [0.15, 0.2) is 0 Å². The third-order valence-corrected chi connectivity index (χ3v) is 9.30. The average molecular weight is 325 g/mol. The summed E-state index contributed by atoms with van der Waals surface area (Å²) in [6.07, 6.45) is 2.47. The van der Waals surface area contributed by atoms with Crippen LogP contribution in [0.5, 0.6) is 0 Å². The molecule has 0 aromatic carbocycles. The summed E-state index contributed by atoms with van der Waals surface area (Å²) in [5.74, 6) is 1.32. The molecule has 0 aromatic heterocycles. The molecule has 0 nitrogen and oxygen atoms in total. The van der Waals surface area contributed by atoms with Crippen molar-refractivity contribution >= 4 is 0 Å². The summed E-state index contributed by atoms with van der Waals surface area (Å²) >= 11 is 0. The first kappa shape index (κ1) is 23.0. The van der Waals surface area contributed by atoms with Gasteiger partial charge in [-0.05, 0) is 45.3 Å². The van der Waals surface area contributed by atoms with E-state index in [4.69, 9.17) is 0 Å². The van der Waals surface area contributed by atoms with Crippen LogP contribution in [0, 0.1) is 38.9 Å². The van der Waals surface area contributed by atoms with E-state index in [0.29, 0.717) is 28.1 Å². The molecule has 3 atom stereocenters. The Balaban J connectivity index is 6.34. The van der Waals surface area contributed by atoms with Crippen LogP contribution in [0.25, 0.3) is 0 Å². The zero-order chi connectivity index (χ0) is 19.1. The molecule has 0 aliphatic carbocycles. The third kappa shape index (κ3) is 3.38. The molecular formula is C23H48. The minimum Gasteiger partial charge on any atom is -0.0649 e. The molecule has 0 aromatic rings. The zero-order valence-corrected chi connectivity index (χ0v) is 19.1. The van der Waals surface area contributed by atoms with Crippen molar-refractivity contribution in [2.75, 3.05) is 0 Å². The van der Waals surface area contributed by atoms with Gasteiger partial charge in [0.1, 0.15) is 0 Å². The SMILES string of the molecule is CCC(C)(C)C(C)(C)C(C)C(C)(CC)C(C)(C(C)C)C(C)(C)C. The molecule has 0 spiro atoms. The van der Waals surface area contributed by atoms with Crippen LogP contribution in [-0.2, 0) is 0 Å². The molecule has 0 fully saturated rings. The molecular weight excluding hydrogens is 276 g/mol. The Morgan fingerprint density at radius 3 is 1.26 bits per heavy atom. The van der Waals surface area contributed by atoms with Gasteiger partial charge in [0.05, 0.1) is 0 Å². The number of hydrogen-bond donors (Lipinski definition) is 0. The second kappa shape index (κ2) is 6.72. The van der Waals surface area contributed by atoms with Crippen molar-refractivity contribution in [2.24, 2.45) is 38.9 Å². The summed E-state index contributed by atoms with van der Waals surface area (Å²) in [6, 6.07) is 0. The molecule has 3 unspecified atom stereocenters. The maximum absolute atomic E-state index is 2.58. The van der Waals surface area contributed by atoms with E-state index < -0.39 is 0 Å². The Kier molecular flexibility index (Phi) is 6.72. The first-order chi connectivity index (χ1) is 9.97. The molecule has 23 heavy (non-hydrogen) atoms. The molecule has 0 amide bonds. The smallest absolute Gasteiger partial charge is 0.0198 e. The van der Waals surface area contributed by atoms with Crippen LogP contribution in [-0.4, -0.2) is 0 Å². The summed E-state index contributed by atoms with van der Waals surface area (Å²) in [6.45, 7) is 34.6. The van der Waals surface area contributed by atoms with Crippen molar-refractivity contribution in [1.29, 1.82) is 0 Å². The molecule has 0 N–H and O–H groups in total. The van der Waals surface area contributed by atoms with Crippen LogP contribution in [0.1, 0.15) is 110 Å². The fourth-order valence-corrected chi connectivity index (χ4v) is 5.34. The van der Waals surface area contributed by atoms with Crippen LogP contribution in [0.2, 0.25) is 0 Å². The summed E-state index contributed by atoms with van der Waals surface area (Å²) in [4.78, 5) is 0. The van der Waals surface area contributed by atoms with Gasteiger partial charge in [-0.1, -0.05) is 103 Å². The first-order valence-corrected chi connectivity index (χ1v) is 9.97. The normalized spacial score (nSPS) is 21.0. The summed E-state index contributed by atoms with van der Waals surface area (Å²) in [7, 11) is 0. The van der Waals surface area contributed by atoms with E-state index in [1.54, 1.807) is 0 Å². The Bertz CT molecular complexity index is 379. The fourth-order valence-electron chi connectivity index (χ4n) is 5.34. The lowest BCUT2D eigenvalue weighted by atomic mass is 9.41.